The summed E-state index contributed by atoms with van der Waals surface area (Å²) in [6.45, 7) is 3.92. The van der Waals surface area contributed by atoms with E-state index in [2.05, 4.69) is 38.4 Å². The number of carbonyl (C=O) groups excluding carboxylic acids is 1. The highest BCUT2D eigenvalue weighted by molar-refractivity contribution is 9.10. The third-order valence-electron chi connectivity index (χ3n) is 2.95. The van der Waals surface area contributed by atoms with E-state index in [1.807, 2.05) is 0 Å². The molecule has 1 atom stereocenters. The minimum atomic E-state index is -0.472. The molecule has 4 nitrogen and oxygen atoms in total. The fraction of sp³-hybridized carbons (Fsp3) is 0.400. The normalized spacial score (nSPS) is 12.2. The lowest BCUT2D eigenvalue weighted by Gasteiger charge is -2.11. The number of unbranched alkanes of at least 4 members (excludes halogenated alkanes) is 1. The zero-order chi connectivity index (χ0) is 17.5. The minimum absolute atomic E-state index is 0.170. The number of anilines is 1. The van der Waals surface area contributed by atoms with Gasteiger partial charge in [0.05, 0.1) is 10.9 Å². The molecular weight excluding hydrogens is 433 g/mol. The van der Waals surface area contributed by atoms with Crippen LogP contribution in [0, 0.1) is 5.82 Å². The molecule has 130 valence electrons. The Morgan fingerprint density at radius 3 is 2.88 bits per heavy atom. The summed E-state index contributed by atoms with van der Waals surface area (Å²) in [6, 6.07) is 4.53. The van der Waals surface area contributed by atoms with Gasteiger partial charge in [-0.1, -0.05) is 64.1 Å². The molecule has 1 heterocycles. The fourth-order valence-electron chi connectivity index (χ4n) is 1.64. The molecule has 0 saturated carbocycles. The molecule has 0 radical (unpaired) electrons. The van der Waals surface area contributed by atoms with Crippen LogP contribution in [0.1, 0.15) is 26.7 Å². The zero-order valence-corrected chi connectivity index (χ0v) is 17.2. The lowest BCUT2D eigenvalue weighted by Crippen LogP contribution is -2.22. The zero-order valence-electron chi connectivity index (χ0n) is 13.2. The van der Waals surface area contributed by atoms with Gasteiger partial charge < -0.3 is 5.32 Å². The molecule has 2 aromatic rings. The molecule has 24 heavy (non-hydrogen) atoms. The number of hydrogen-bond acceptors (Lipinski definition) is 6. The summed E-state index contributed by atoms with van der Waals surface area (Å²) in [4.78, 5) is 12.2. The van der Waals surface area contributed by atoms with E-state index < -0.39 is 11.1 Å². The third-order valence-corrected chi connectivity index (χ3v) is 6.77. The SMILES string of the molecule is CCCCSc1nnc(SC(C)C(=O)Nc2ccc(Br)cc2F)s1. The van der Waals surface area contributed by atoms with Gasteiger partial charge in [-0.05, 0) is 31.5 Å². The highest BCUT2D eigenvalue weighted by Gasteiger charge is 2.18. The van der Waals surface area contributed by atoms with E-state index in [4.69, 9.17) is 0 Å². The van der Waals surface area contributed by atoms with E-state index in [0.29, 0.717) is 4.47 Å². The summed E-state index contributed by atoms with van der Waals surface area (Å²) < 4.78 is 16.1. The van der Waals surface area contributed by atoms with Crippen molar-refractivity contribution in [1.29, 1.82) is 0 Å². The largest absolute Gasteiger partial charge is 0.323 e. The highest BCUT2D eigenvalue weighted by Crippen LogP contribution is 2.32. The fourth-order valence-corrected chi connectivity index (χ4v) is 5.29. The molecule has 0 spiro atoms. The van der Waals surface area contributed by atoms with Crippen molar-refractivity contribution in [3.63, 3.8) is 0 Å². The van der Waals surface area contributed by atoms with E-state index in [-0.39, 0.29) is 11.6 Å². The van der Waals surface area contributed by atoms with E-state index >= 15 is 0 Å². The Bertz CT molecular complexity index is 698. The highest BCUT2D eigenvalue weighted by atomic mass is 79.9. The van der Waals surface area contributed by atoms with Gasteiger partial charge in [0.15, 0.2) is 8.68 Å². The van der Waals surface area contributed by atoms with Crippen LogP contribution in [0.15, 0.2) is 31.4 Å². The summed E-state index contributed by atoms with van der Waals surface area (Å²) in [7, 11) is 0. The second kappa shape index (κ2) is 9.74. The Morgan fingerprint density at radius 2 is 2.17 bits per heavy atom. The van der Waals surface area contributed by atoms with Crippen LogP contribution in [0.5, 0.6) is 0 Å². The number of halogens is 2. The first kappa shape index (κ1) is 19.7. The topological polar surface area (TPSA) is 54.9 Å². The van der Waals surface area contributed by atoms with Gasteiger partial charge in [-0.2, -0.15) is 0 Å². The summed E-state index contributed by atoms with van der Waals surface area (Å²) in [6.07, 6.45) is 2.29. The predicted molar refractivity (Wildman–Crippen MR) is 104 cm³/mol. The predicted octanol–water partition coefficient (Wildman–Crippen LogP) is 5.45. The van der Waals surface area contributed by atoms with Gasteiger partial charge in [0.1, 0.15) is 5.82 Å². The Kier molecular flexibility index (Phi) is 7.99. The average molecular weight is 450 g/mol. The lowest BCUT2D eigenvalue weighted by atomic mass is 10.3. The number of aromatic nitrogens is 2. The number of amides is 1. The molecule has 0 aliphatic heterocycles. The molecule has 0 bridgehead atoms. The number of nitrogens with zero attached hydrogens (tertiary/aromatic N) is 2. The summed E-state index contributed by atoms with van der Waals surface area (Å²) in [5, 5.41) is 10.4. The van der Waals surface area contributed by atoms with Crippen molar-refractivity contribution in [2.75, 3.05) is 11.1 Å². The van der Waals surface area contributed by atoms with Crippen molar-refractivity contribution in [3.8, 4) is 0 Å². The number of benzene rings is 1. The number of hydrogen-bond donors (Lipinski definition) is 1. The molecule has 0 aliphatic rings. The first-order chi connectivity index (χ1) is 11.5. The molecular formula is C15H17BrFN3OS3. The van der Waals surface area contributed by atoms with Crippen molar-refractivity contribution >= 4 is 62.4 Å². The molecule has 2 rings (SSSR count). The van der Waals surface area contributed by atoms with Crippen LogP contribution in [-0.2, 0) is 4.79 Å². The second-order valence-electron chi connectivity index (χ2n) is 4.91. The van der Waals surface area contributed by atoms with Crippen LogP contribution in [0.2, 0.25) is 0 Å². The van der Waals surface area contributed by atoms with Crippen LogP contribution >= 0.6 is 50.8 Å². The summed E-state index contributed by atoms with van der Waals surface area (Å²) >= 11 is 7.68. The maximum atomic E-state index is 13.8. The number of rotatable bonds is 8. The molecule has 0 saturated heterocycles. The van der Waals surface area contributed by atoms with Gasteiger partial charge in [0.2, 0.25) is 5.91 Å². The second-order valence-corrected chi connectivity index (χ2v) is 9.73. The summed E-state index contributed by atoms with van der Waals surface area (Å²) in [5.41, 5.74) is 0.170. The van der Waals surface area contributed by atoms with Gasteiger partial charge in [0, 0.05) is 10.2 Å². The Hall–Kier alpha value is -0.640. The standard InChI is InChI=1S/C15H17BrFN3OS3/c1-3-4-7-22-14-19-20-15(24-14)23-9(2)13(21)18-12-6-5-10(16)8-11(12)17/h5-6,8-9H,3-4,7H2,1-2H3,(H,18,21). The molecule has 1 aromatic heterocycles. The first-order valence-electron chi connectivity index (χ1n) is 7.38. The average Bonchev–Trinajstić information content (AvgIpc) is 2.97. The van der Waals surface area contributed by atoms with Gasteiger partial charge in [-0.3, -0.25) is 4.79 Å². The van der Waals surface area contributed by atoms with Crippen molar-refractivity contribution in [2.24, 2.45) is 0 Å². The Balaban J connectivity index is 1.89. The Labute approximate surface area is 161 Å². The molecule has 9 heteroatoms. The van der Waals surface area contributed by atoms with E-state index in [1.165, 1.54) is 35.2 Å². The van der Waals surface area contributed by atoms with E-state index in [9.17, 15) is 9.18 Å². The third kappa shape index (κ3) is 6.02. The summed E-state index contributed by atoms with van der Waals surface area (Å²) in [5.74, 6) is 0.284. The van der Waals surface area contributed by atoms with Crippen molar-refractivity contribution < 1.29 is 9.18 Å². The monoisotopic (exact) mass is 449 g/mol. The minimum Gasteiger partial charge on any atom is -0.323 e. The molecule has 1 N–H and O–H groups in total. The van der Waals surface area contributed by atoms with Crippen LogP contribution in [0.25, 0.3) is 0 Å². The number of nitrogens with one attached hydrogen (secondary N) is 1. The van der Waals surface area contributed by atoms with Gasteiger partial charge in [-0.15, -0.1) is 10.2 Å². The van der Waals surface area contributed by atoms with Crippen LogP contribution < -0.4 is 5.32 Å². The maximum absolute atomic E-state index is 13.8. The van der Waals surface area contributed by atoms with Crippen LogP contribution in [-0.4, -0.2) is 27.1 Å². The van der Waals surface area contributed by atoms with Gasteiger partial charge in [-0.25, -0.2) is 4.39 Å². The maximum Gasteiger partial charge on any atom is 0.237 e. The van der Waals surface area contributed by atoms with Crippen LogP contribution in [0.4, 0.5) is 10.1 Å². The quantitative estimate of drug-likeness (QED) is 0.428. The smallest absolute Gasteiger partial charge is 0.237 e. The lowest BCUT2D eigenvalue weighted by molar-refractivity contribution is -0.115. The van der Waals surface area contributed by atoms with E-state index in [0.717, 1.165) is 27.3 Å². The molecule has 1 unspecified atom stereocenters. The molecule has 1 aromatic carbocycles. The molecule has 0 aliphatic carbocycles. The molecule has 0 fully saturated rings. The number of thioether (sulfide) groups is 2. The number of carbonyl (C=O) groups is 1. The Morgan fingerprint density at radius 1 is 1.42 bits per heavy atom. The van der Waals surface area contributed by atoms with Gasteiger partial charge in [0.25, 0.3) is 0 Å². The van der Waals surface area contributed by atoms with Crippen molar-refractivity contribution in [3.05, 3.63) is 28.5 Å². The van der Waals surface area contributed by atoms with E-state index in [1.54, 1.807) is 24.8 Å². The van der Waals surface area contributed by atoms with Crippen molar-refractivity contribution in [1.82, 2.24) is 10.2 Å². The van der Waals surface area contributed by atoms with Crippen molar-refractivity contribution in [2.45, 2.75) is 40.6 Å². The van der Waals surface area contributed by atoms with Gasteiger partial charge >= 0.3 is 0 Å². The first-order valence-corrected chi connectivity index (χ1v) is 10.9. The molecule has 1 amide bonds. The van der Waals surface area contributed by atoms with Crippen LogP contribution in [0.3, 0.4) is 0 Å².